The van der Waals surface area contributed by atoms with Crippen LogP contribution in [0.15, 0.2) is 24.3 Å². The van der Waals surface area contributed by atoms with Gasteiger partial charge in [0.2, 0.25) is 0 Å². The molecule has 0 fully saturated rings. The molecule has 0 spiro atoms. The van der Waals surface area contributed by atoms with Gasteiger partial charge in [0.25, 0.3) is 0 Å². The second-order valence-electron chi connectivity index (χ2n) is 3.56. The van der Waals surface area contributed by atoms with Crippen molar-refractivity contribution in [3.8, 4) is 0 Å². The lowest BCUT2D eigenvalue weighted by atomic mass is 10.0. The highest BCUT2D eigenvalue weighted by molar-refractivity contribution is 6.30. The highest BCUT2D eigenvalue weighted by Crippen LogP contribution is 2.12. The lowest BCUT2D eigenvalue weighted by Gasteiger charge is -2.18. The van der Waals surface area contributed by atoms with Crippen LogP contribution < -0.4 is 0 Å². The van der Waals surface area contributed by atoms with Crippen LogP contribution in [0.2, 0.25) is 5.02 Å². The van der Waals surface area contributed by atoms with E-state index in [0.717, 1.165) is 5.56 Å². The molecular formula is C12H17ClO2. The van der Waals surface area contributed by atoms with E-state index in [1.807, 2.05) is 38.1 Å². The lowest BCUT2D eigenvalue weighted by Crippen LogP contribution is -2.28. The number of ether oxygens (including phenoxy) is 1. The second kappa shape index (κ2) is 6.11. The Labute approximate surface area is 95.8 Å². The molecule has 0 heterocycles. The van der Waals surface area contributed by atoms with Gasteiger partial charge in [-0.25, -0.2) is 0 Å². The van der Waals surface area contributed by atoms with Crippen LogP contribution in [0.1, 0.15) is 19.4 Å². The SMILES string of the molecule is CCOC(C)C(O)Cc1ccc(Cl)cc1. The Morgan fingerprint density at radius 1 is 1.33 bits per heavy atom. The molecule has 0 aromatic heterocycles. The summed E-state index contributed by atoms with van der Waals surface area (Å²) in [6, 6.07) is 7.50. The summed E-state index contributed by atoms with van der Waals surface area (Å²) >= 11 is 5.77. The molecule has 0 amide bonds. The van der Waals surface area contributed by atoms with Gasteiger partial charge in [-0.1, -0.05) is 23.7 Å². The highest BCUT2D eigenvalue weighted by Gasteiger charge is 2.14. The number of hydrogen-bond donors (Lipinski definition) is 1. The third-order valence-corrected chi connectivity index (χ3v) is 2.58. The van der Waals surface area contributed by atoms with Gasteiger partial charge in [0.05, 0.1) is 12.2 Å². The maximum atomic E-state index is 9.81. The fourth-order valence-electron chi connectivity index (χ4n) is 1.40. The van der Waals surface area contributed by atoms with Crippen molar-refractivity contribution in [2.45, 2.75) is 32.5 Å². The Balaban J connectivity index is 2.50. The fraction of sp³-hybridized carbons (Fsp3) is 0.500. The Kier molecular flexibility index (Phi) is 5.09. The standard InChI is InChI=1S/C12H17ClO2/c1-3-15-9(2)12(14)8-10-4-6-11(13)7-5-10/h4-7,9,12,14H,3,8H2,1-2H3. The first-order valence-electron chi connectivity index (χ1n) is 5.17. The number of aliphatic hydroxyl groups excluding tert-OH is 1. The number of benzene rings is 1. The Hall–Kier alpha value is -0.570. The molecule has 2 unspecified atom stereocenters. The molecule has 3 heteroatoms. The predicted octanol–water partition coefficient (Wildman–Crippen LogP) is 2.67. The summed E-state index contributed by atoms with van der Waals surface area (Å²) in [4.78, 5) is 0. The van der Waals surface area contributed by atoms with E-state index in [9.17, 15) is 5.11 Å². The molecule has 2 atom stereocenters. The molecule has 84 valence electrons. The van der Waals surface area contributed by atoms with E-state index in [0.29, 0.717) is 18.1 Å². The molecule has 15 heavy (non-hydrogen) atoms. The van der Waals surface area contributed by atoms with E-state index in [-0.39, 0.29) is 6.10 Å². The molecule has 0 saturated carbocycles. The van der Waals surface area contributed by atoms with Crippen LogP contribution in [-0.4, -0.2) is 23.9 Å². The van der Waals surface area contributed by atoms with Crippen molar-refractivity contribution in [1.29, 1.82) is 0 Å². The van der Waals surface area contributed by atoms with Crippen molar-refractivity contribution in [3.05, 3.63) is 34.9 Å². The van der Waals surface area contributed by atoms with Gasteiger partial charge in [0.15, 0.2) is 0 Å². The van der Waals surface area contributed by atoms with E-state index in [4.69, 9.17) is 16.3 Å². The monoisotopic (exact) mass is 228 g/mol. The third kappa shape index (κ3) is 4.20. The second-order valence-corrected chi connectivity index (χ2v) is 3.99. The summed E-state index contributed by atoms with van der Waals surface area (Å²) in [5.41, 5.74) is 1.07. The van der Waals surface area contributed by atoms with Gasteiger partial charge in [-0.3, -0.25) is 0 Å². The van der Waals surface area contributed by atoms with Crippen molar-refractivity contribution >= 4 is 11.6 Å². The summed E-state index contributed by atoms with van der Waals surface area (Å²) < 4.78 is 5.32. The minimum absolute atomic E-state index is 0.134. The lowest BCUT2D eigenvalue weighted by molar-refractivity contribution is -0.0208. The van der Waals surface area contributed by atoms with E-state index in [2.05, 4.69) is 0 Å². The quantitative estimate of drug-likeness (QED) is 0.840. The van der Waals surface area contributed by atoms with Crippen molar-refractivity contribution in [2.24, 2.45) is 0 Å². The van der Waals surface area contributed by atoms with E-state index in [1.54, 1.807) is 0 Å². The van der Waals surface area contributed by atoms with Crippen LogP contribution >= 0.6 is 11.6 Å². The average Bonchev–Trinajstić information content (AvgIpc) is 2.22. The molecule has 1 aromatic rings. The largest absolute Gasteiger partial charge is 0.390 e. The molecule has 0 aliphatic carbocycles. The first-order valence-corrected chi connectivity index (χ1v) is 5.55. The van der Waals surface area contributed by atoms with Crippen molar-refractivity contribution in [2.75, 3.05) is 6.61 Å². The van der Waals surface area contributed by atoms with Crippen molar-refractivity contribution in [3.63, 3.8) is 0 Å². The molecular weight excluding hydrogens is 212 g/mol. The van der Waals surface area contributed by atoms with Crippen molar-refractivity contribution in [1.82, 2.24) is 0 Å². The van der Waals surface area contributed by atoms with Gasteiger partial charge in [-0.05, 0) is 31.5 Å². The van der Waals surface area contributed by atoms with Gasteiger partial charge in [-0.15, -0.1) is 0 Å². The van der Waals surface area contributed by atoms with Gasteiger partial charge in [0.1, 0.15) is 0 Å². The predicted molar refractivity (Wildman–Crippen MR) is 62.3 cm³/mol. The van der Waals surface area contributed by atoms with Crippen LogP contribution in [0, 0.1) is 0 Å². The molecule has 1 N–H and O–H groups in total. The number of halogens is 1. The van der Waals surface area contributed by atoms with Gasteiger partial charge in [-0.2, -0.15) is 0 Å². The number of aliphatic hydroxyl groups is 1. The minimum atomic E-state index is -0.467. The van der Waals surface area contributed by atoms with E-state index in [1.165, 1.54) is 0 Å². The first-order chi connectivity index (χ1) is 7.13. The Bertz CT molecular complexity index is 284. The zero-order chi connectivity index (χ0) is 11.3. The van der Waals surface area contributed by atoms with Gasteiger partial charge >= 0.3 is 0 Å². The fourth-order valence-corrected chi connectivity index (χ4v) is 1.53. The molecule has 0 radical (unpaired) electrons. The van der Waals surface area contributed by atoms with Gasteiger partial charge < -0.3 is 9.84 Å². The summed E-state index contributed by atoms with van der Waals surface area (Å²) in [6.45, 7) is 4.43. The zero-order valence-corrected chi connectivity index (χ0v) is 9.87. The summed E-state index contributed by atoms with van der Waals surface area (Å²) in [5.74, 6) is 0. The van der Waals surface area contributed by atoms with E-state index >= 15 is 0 Å². The number of hydrogen-bond acceptors (Lipinski definition) is 2. The van der Waals surface area contributed by atoms with Crippen LogP contribution in [0.3, 0.4) is 0 Å². The summed E-state index contributed by atoms with van der Waals surface area (Å²) in [5, 5.41) is 10.5. The van der Waals surface area contributed by atoms with Crippen LogP contribution in [0.5, 0.6) is 0 Å². The van der Waals surface area contributed by atoms with Crippen LogP contribution in [-0.2, 0) is 11.2 Å². The Morgan fingerprint density at radius 3 is 2.47 bits per heavy atom. The first kappa shape index (κ1) is 12.5. The molecule has 0 saturated heterocycles. The normalized spacial score (nSPS) is 14.9. The molecule has 1 aromatic carbocycles. The molecule has 0 bridgehead atoms. The molecule has 0 aliphatic rings. The molecule has 1 rings (SSSR count). The summed E-state index contributed by atoms with van der Waals surface area (Å²) in [6.07, 6.45) is -0.00461. The third-order valence-electron chi connectivity index (χ3n) is 2.33. The van der Waals surface area contributed by atoms with Gasteiger partial charge in [0, 0.05) is 18.1 Å². The maximum absolute atomic E-state index is 9.81. The Morgan fingerprint density at radius 2 is 1.93 bits per heavy atom. The van der Waals surface area contributed by atoms with Crippen LogP contribution in [0.25, 0.3) is 0 Å². The molecule has 0 aliphatic heterocycles. The van der Waals surface area contributed by atoms with Crippen LogP contribution in [0.4, 0.5) is 0 Å². The molecule has 2 nitrogen and oxygen atoms in total. The van der Waals surface area contributed by atoms with E-state index < -0.39 is 6.10 Å². The summed E-state index contributed by atoms with van der Waals surface area (Å²) in [7, 11) is 0. The topological polar surface area (TPSA) is 29.5 Å². The highest BCUT2D eigenvalue weighted by atomic mass is 35.5. The zero-order valence-electron chi connectivity index (χ0n) is 9.11. The number of rotatable bonds is 5. The maximum Gasteiger partial charge on any atom is 0.0839 e. The smallest absolute Gasteiger partial charge is 0.0839 e. The average molecular weight is 229 g/mol. The minimum Gasteiger partial charge on any atom is -0.390 e. The van der Waals surface area contributed by atoms with Crippen molar-refractivity contribution < 1.29 is 9.84 Å².